The molecule has 0 unspecified atom stereocenters. The van der Waals surface area contributed by atoms with E-state index in [0.29, 0.717) is 6.54 Å². The predicted octanol–water partition coefficient (Wildman–Crippen LogP) is 4.71. The van der Waals surface area contributed by atoms with Crippen molar-refractivity contribution in [2.45, 2.75) is 58.5 Å². The summed E-state index contributed by atoms with van der Waals surface area (Å²) in [7, 11) is 0. The second-order valence-corrected chi connectivity index (χ2v) is 8.90. The van der Waals surface area contributed by atoms with Gasteiger partial charge in [0.2, 0.25) is 0 Å². The molecule has 4 heteroatoms. The third-order valence-electron chi connectivity index (χ3n) is 5.51. The number of nitrogens with zero attached hydrogens (tertiary/aromatic N) is 1. The molecule has 29 heavy (non-hydrogen) atoms. The fourth-order valence-electron chi connectivity index (χ4n) is 3.76. The van der Waals surface area contributed by atoms with Crippen LogP contribution in [0.4, 0.5) is 5.69 Å². The van der Waals surface area contributed by atoms with Crippen molar-refractivity contribution in [3.05, 3.63) is 59.7 Å². The average Bonchev–Trinajstić information content (AvgIpc) is 2.70. The lowest BCUT2D eigenvalue weighted by Crippen LogP contribution is -2.38. The van der Waals surface area contributed by atoms with Crippen LogP contribution >= 0.6 is 0 Å². The summed E-state index contributed by atoms with van der Waals surface area (Å²) in [5, 5.41) is 3.01. The maximum atomic E-state index is 12.4. The Morgan fingerprint density at radius 1 is 1.14 bits per heavy atom. The number of anilines is 1. The van der Waals surface area contributed by atoms with Gasteiger partial charge in [0.15, 0.2) is 6.10 Å². The number of amides is 1. The van der Waals surface area contributed by atoms with E-state index in [-0.39, 0.29) is 11.3 Å². The van der Waals surface area contributed by atoms with Crippen molar-refractivity contribution in [3.8, 4) is 5.75 Å². The Bertz CT molecular complexity index is 808. The van der Waals surface area contributed by atoms with E-state index in [2.05, 4.69) is 67.4 Å². The molecule has 4 nitrogen and oxygen atoms in total. The minimum atomic E-state index is -0.508. The van der Waals surface area contributed by atoms with Crippen LogP contribution in [-0.4, -0.2) is 31.6 Å². The summed E-state index contributed by atoms with van der Waals surface area (Å²) >= 11 is 0. The summed E-state index contributed by atoms with van der Waals surface area (Å²) < 4.78 is 5.81. The molecule has 3 rings (SSSR count). The number of rotatable bonds is 7. The zero-order valence-electron chi connectivity index (χ0n) is 18.2. The van der Waals surface area contributed by atoms with Crippen molar-refractivity contribution in [1.29, 1.82) is 0 Å². The molecular weight excluding hydrogens is 360 g/mol. The average molecular weight is 395 g/mol. The van der Waals surface area contributed by atoms with Crippen molar-refractivity contribution in [1.82, 2.24) is 5.32 Å². The number of carbonyl (C=O) groups excluding carboxylic acids is 1. The molecule has 0 fully saturated rings. The van der Waals surface area contributed by atoms with Crippen LogP contribution in [0, 0.1) is 0 Å². The summed E-state index contributed by atoms with van der Waals surface area (Å²) in [5.74, 6) is 0.662. The van der Waals surface area contributed by atoms with Crippen LogP contribution in [0.1, 0.15) is 51.7 Å². The van der Waals surface area contributed by atoms with Crippen LogP contribution in [-0.2, 0) is 16.6 Å². The number of hydrogen-bond acceptors (Lipinski definition) is 3. The minimum absolute atomic E-state index is 0.0658. The third-order valence-corrected chi connectivity index (χ3v) is 5.51. The van der Waals surface area contributed by atoms with E-state index in [4.69, 9.17) is 4.74 Å². The fraction of sp³-hybridized carbons (Fsp3) is 0.480. The van der Waals surface area contributed by atoms with Gasteiger partial charge in [-0.3, -0.25) is 4.79 Å². The van der Waals surface area contributed by atoms with Crippen LogP contribution in [0.2, 0.25) is 0 Å². The van der Waals surface area contributed by atoms with E-state index >= 15 is 0 Å². The second-order valence-electron chi connectivity index (χ2n) is 8.90. The van der Waals surface area contributed by atoms with Crippen molar-refractivity contribution < 1.29 is 9.53 Å². The molecule has 2 aromatic rings. The topological polar surface area (TPSA) is 41.6 Å². The highest BCUT2D eigenvalue weighted by Crippen LogP contribution is 2.26. The lowest BCUT2D eigenvalue weighted by atomic mass is 9.87. The lowest BCUT2D eigenvalue weighted by Gasteiger charge is -2.31. The molecule has 0 aromatic heterocycles. The van der Waals surface area contributed by atoms with Crippen molar-refractivity contribution in [3.63, 3.8) is 0 Å². The summed E-state index contributed by atoms with van der Waals surface area (Å²) in [5.41, 5.74) is 4.14. The molecule has 1 amide bonds. The number of aryl methyl sites for hydroxylation is 1. The first-order valence-electron chi connectivity index (χ1n) is 10.7. The third kappa shape index (κ3) is 5.75. The molecular formula is C25H34N2O2. The maximum Gasteiger partial charge on any atom is 0.260 e. The van der Waals surface area contributed by atoms with Crippen LogP contribution in [0.3, 0.4) is 0 Å². The maximum absolute atomic E-state index is 12.4. The second kappa shape index (κ2) is 9.34. The van der Waals surface area contributed by atoms with Crippen molar-refractivity contribution in [2.75, 3.05) is 24.5 Å². The lowest BCUT2D eigenvalue weighted by molar-refractivity contribution is -0.127. The standard InChI is InChI=1S/C25H34N2O2/c1-19(29-22-14-12-21(13-15-22)25(2,3)4)24(28)26-16-8-18-27-17-7-10-20-9-5-6-11-23(20)27/h5-6,9,11-15,19H,7-8,10,16-18H2,1-4H3,(H,26,28)/t19-/m0/s1. The molecule has 1 aliphatic heterocycles. The number of hydrogen-bond donors (Lipinski definition) is 1. The Kier molecular flexibility index (Phi) is 6.83. The Labute approximate surface area is 175 Å². The molecule has 0 aliphatic carbocycles. The van der Waals surface area contributed by atoms with E-state index < -0.39 is 6.10 Å². The van der Waals surface area contributed by atoms with Gasteiger partial charge in [0.25, 0.3) is 5.91 Å². The van der Waals surface area contributed by atoms with Gasteiger partial charge in [0.05, 0.1) is 0 Å². The number of nitrogens with one attached hydrogen (secondary N) is 1. The highest BCUT2D eigenvalue weighted by molar-refractivity contribution is 5.80. The minimum Gasteiger partial charge on any atom is -0.481 e. The van der Waals surface area contributed by atoms with E-state index in [9.17, 15) is 4.79 Å². The first-order chi connectivity index (χ1) is 13.8. The van der Waals surface area contributed by atoms with Gasteiger partial charge in [-0.2, -0.15) is 0 Å². The normalized spacial score (nSPS) is 14.8. The first kappa shape index (κ1) is 21.2. The van der Waals surface area contributed by atoms with Crippen LogP contribution in [0.5, 0.6) is 5.75 Å². The van der Waals surface area contributed by atoms with Crippen LogP contribution < -0.4 is 15.0 Å². The molecule has 0 bridgehead atoms. The largest absolute Gasteiger partial charge is 0.481 e. The zero-order chi connectivity index (χ0) is 20.9. The SMILES string of the molecule is C[C@H](Oc1ccc(C(C)(C)C)cc1)C(=O)NCCCN1CCCc2ccccc21. The quantitative estimate of drug-likeness (QED) is 0.692. The molecule has 1 heterocycles. The smallest absolute Gasteiger partial charge is 0.260 e. The fourth-order valence-corrected chi connectivity index (χ4v) is 3.76. The van der Waals surface area contributed by atoms with Crippen molar-refractivity contribution in [2.24, 2.45) is 0 Å². The zero-order valence-corrected chi connectivity index (χ0v) is 18.2. The van der Waals surface area contributed by atoms with E-state index in [1.165, 1.54) is 23.2 Å². The molecule has 2 aromatic carbocycles. The molecule has 0 spiro atoms. The van der Waals surface area contributed by atoms with Gasteiger partial charge in [-0.15, -0.1) is 0 Å². The highest BCUT2D eigenvalue weighted by atomic mass is 16.5. The Balaban J connectivity index is 1.42. The Morgan fingerprint density at radius 3 is 2.59 bits per heavy atom. The monoisotopic (exact) mass is 394 g/mol. The molecule has 156 valence electrons. The molecule has 0 saturated carbocycles. The molecule has 0 radical (unpaired) electrons. The summed E-state index contributed by atoms with van der Waals surface area (Å²) in [6.45, 7) is 11.1. The first-order valence-corrected chi connectivity index (χ1v) is 10.7. The van der Waals surface area contributed by atoms with Gasteiger partial charge in [-0.05, 0) is 60.9 Å². The predicted molar refractivity (Wildman–Crippen MR) is 120 cm³/mol. The Morgan fingerprint density at radius 2 is 1.86 bits per heavy atom. The number of para-hydroxylation sites is 1. The Hall–Kier alpha value is -2.49. The van der Waals surface area contributed by atoms with Gasteiger partial charge in [-0.25, -0.2) is 0 Å². The van der Waals surface area contributed by atoms with Crippen LogP contribution in [0.25, 0.3) is 0 Å². The molecule has 1 N–H and O–H groups in total. The summed E-state index contributed by atoms with van der Waals surface area (Å²) in [6.07, 6.45) is 2.77. The molecule has 1 atom stereocenters. The molecule has 1 aliphatic rings. The van der Waals surface area contributed by atoms with Gasteiger partial charge >= 0.3 is 0 Å². The molecule has 0 saturated heterocycles. The summed E-state index contributed by atoms with van der Waals surface area (Å²) in [4.78, 5) is 14.8. The van der Waals surface area contributed by atoms with E-state index in [1.807, 2.05) is 12.1 Å². The van der Waals surface area contributed by atoms with Crippen LogP contribution in [0.15, 0.2) is 48.5 Å². The van der Waals surface area contributed by atoms with Gasteiger partial charge in [0.1, 0.15) is 5.75 Å². The summed E-state index contributed by atoms with van der Waals surface area (Å²) in [6, 6.07) is 16.7. The van der Waals surface area contributed by atoms with Gasteiger partial charge < -0.3 is 15.0 Å². The highest BCUT2D eigenvalue weighted by Gasteiger charge is 2.18. The van der Waals surface area contributed by atoms with E-state index in [0.717, 1.165) is 31.7 Å². The van der Waals surface area contributed by atoms with E-state index in [1.54, 1.807) is 6.92 Å². The number of fused-ring (bicyclic) bond motifs is 1. The number of carbonyl (C=O) groups is 1. The number of benzene rings is 2. The van der Waals surface area contributed by atoms with Gasteiger partial charge in [-0.1, -0.05) is 51.1 Å². The number of ether oxygens (including phenoxy) is 1. The van der Waals surface area contributed by atoms with Gasteiger partial charge in [0, 0.05) is 25.3 Å². The van der Waals surface area contributed by atoms with Crippen molar-refractivity contribution >= 4 is 11.6 Å².